The van der Waals surface area contributed by atoms with Gasteiger partial charge in [-0.3, -0.25) is 14.5 Å². The van der Waals surface area contributed by atoms with Gasteiger partial charge < -0.3 is 15.8 Å². The molecule has 1 aliphatic rings. The monoisotopic (exact) mass is 368 g/mol. The van der Waals surface area contributed by atoms with Crippen molar-refractivity contribution in [2.45, 2.75) is 33.8 Å². The van der Waals surface area contributed by atoms with E-state index >= 15 is 0 Å². The number of ether oxygens (including phenoxy) is 1. The maximum absolute atomic E-state index is 12.9. The number of nitrogens with two attached hydrogens (primary N) is 1. The molecule has 3 rings (SSSR count). The van der Waals surface area contributed by atoms with E-state index in [0.29, 0.717) is 11.4 Å². The smallest absolute Gasteiger partial charge is 0.270 e. The standard InChI is InChI=1S/C20H24N4O3/c1-11(2)18-20(26)24(19-15(27-18)7-8-16(21)23-19)10-17(25)22-14-6-5-12(3)13(4)9-14/h5-9,11,18H,10H2,1-4H3,(H2,21,23)(H,22,25). The van der Waals surface area contributed by atoms with Crippen molar-refractivity contribution in [1.29, 1.82) is 0 Å². The summed E-state index contributed by atoms with van der Waals surface area (Å²) >= 11 is 0. The van der Waals surface area contributed by atoms with Gasteiger partial charge in [0.1, 0.15) is 12.4 Å². The number of benzene rings is 1. The molecule has 1 aromatic heterocycles. The third-order valence-corrected chi connectivity index (χ3v) is 4.58. The number of nitrogens with one attached hydrogen (secondary N) is 1. The Morgan fingerprint density at radius 1 is 1.26 bits per heavy atom. The third kappa shape index (κ3) is 3.86. The molecule has 27 heavy (non-hydrogen) atoms. The molecule has 7 nitrogen and oxygen atoms in total. The van der Waals surface area contributed by atoms with Gasteiger partial charge in [-0.1, -0.05) is 19.9 Å². The predicted octanol–water partition coefficient (Wildman–Crippen LogP) is 2.67. The van der Waals surface area contributed by atoms with Crippen molar-refractivity contribution in [3.63, 3.8) is 0 Å². The van der Waals surface area contributed by atoms with E-state index in [4.69, 9.17) is 10.5 Å². The third-order valence-electron chi connectivity index (χ3n) is 4.58. The molecule has 1 aliphatic heterocycles. The first kappa shape index (κ1) is 18.7. The van der Waals surface area contributed by atoms with E-state index in [2.05, 4.69) is 10.3 Å². The maximum atomic E-state index is 12.9. The van der Waals surface area contributed by atoms with Crippen LogP contribution in [0.3, 0.4) is 0 Å². The second-order valence-corrected chi connectivity index (χ2v) is 7.11. The zero-order valence-corrected chi connectivity index (χ0v) is 15.9. The Labute approximate surface area is 158 Å². The summed E-state index contributed by atoms with van der Waals surface area (Å²) in [4.78, 5) is 31.0. The van der Waals surface area contributed by atoms with Gasteiger partial charge in [0.25, 0.3) is 5.91 Å². The van der Waals surface area contributed by atoms with Crippen molar-refractivity contribution in [2.75, 3.05) is 22.5 Å². The van der Waals surface area contributed by atoms with Gasteiger partial charge in [0, 0.05) is 5.69 Å². The molecule has 2 aromatic rings. The Bertz CT molecular complexity index is 895. The normalized spacial score (nSPS) is 16.1. The van der Waals surface area contributed by atoms with Crippen molar-refractivity contribution in [2.24, 2.45) is 5.92 Å². The molecular formula is C20H24N4O3. The molecule has 0 aliphatic carbocycles. The van der Waals surface area contributed by atoms with Crippen LogP contribution >= 0.6 is 0 Å². The average molecular weight is 368 g/mol. The number of rotatable bonds is 4. The quantitative estimate of drug-likeness (QED) is 0.865. The molecule has 1 atom stereocenters. The van der Waals surface area contributed by atoms with Gasteiger partial charge in [0.05, 0.1) is 0 Å². The number of amides is 2. The summed E-state index contributed by atoms with van der Waals surface area (Å²) in [5.74, 6) is 0.312. The fourth-order valence-corrected chi connectivity index (χ4v) is 2.92. The van der Waals surface area contributed by atoms with Crippen LogP contribution in [0.1, 0.15) is 25.0 Å². The Hall–Kier alpha value is -3.09. The molecule has 142 valence electrons. The Balaban J connectivity index is 1.85. The average Bonchev–Trinajstić information content (AvgIpc) is 2.60. The second-order valence-electron chi connectivity index (χ2n) is 7.11. The lowest BCUT2D eigenvalue weighted by molar-refractivity contribution is -0.129. The van der Waals surface area contributed by atoms with Crippen molar-refractivity contribution in [1.82, 2.24) is 4.98 Å². The van der Waals surface area contributed by atoms with Crippen LogP contribution in [0, 0.1) is 19.8 Å². The van der Waals surface area contributed by atoms with Gasteiger partial charge in [-0.2, -0.15) is 0 Å². The summed E-state index contributed by atoms with van der Waals surface area (Å²) < 4.78 is 5.78. The molecule has 0 saturated heterocycles. The number of nitrogens with zero attached hydrogens (tertiary/aromatic N) is 2. The number of hydrogen-bond acceptors (Lipinski definition) is 5. The SMILES string of the molecule is Cc1ccc(NC(=O)CN2C(=O)C(C(C)C)Oc3ccc(N)nc32)cc1C. The molecule has 3 N–H and O–H groups in total. The van der Waals surface area contributed by atoms with Crippen LogP contribution in [0.15, 0.2) is 30.3 Å². The van der Waals surface area contributed by atoms with Crippen LogP contribution in [0.4, 0.5) is 17.3 Å². The maximum Gasteiger partial charge on any atom is 0.270 e. The largest absolute Gasteiger partial charge is 0.476 e. The number of fused-ring (bicyclic) bond motifs is 1. The molecular weight excluding hydrogens is 344 g/mol. The van der Waals surface area contributed by atoms with E-state index < -0.39 is 6.10 Å². The Kier molecular flexibility index (Phi) is 5.03. The van der Waals surface area contributed by atoms with Crippen LogP contribution in [-0.4, -0.2) is 29.4 Å². The van der Waals surface area contributed by atoms with Crippen molar-refractivity contribution in [3.05, 3.63) is 41.5 Å². The van der Waals surface area contributed by atoms with E-state index in [0.717, 1.165) is 11.1 Å². The minimum Gasteiger partial charge on any atom is -0.476 e. The van der Waals surface area contributed by atoms with Crippen LogP contribution in [0.25, 0.3) is 0 Å². The van der Waals surface area contributed by atoms with Crippen LogP contribution in [-0.2, 0) is 9.59 Å². The minimum atomic E-state index is -0.669. The topological polar surface area (TPSA) is 97.5 Å². The fourth-order valence-electron chi connectivity index (χ4n) is 2.92. The molecule has 2 amide bonds. The van der Waals surface area contributed by atoms with E-state index in [9.17, 15) is 9.59 Å². The number of carbonyl (C=O) groups is 2. The van der Waals surface area contributed by atoms with Crippen molar-refractivity contribution < 1.29 is 14.3 Å². The molecule has 0 bridgehead atoms. The number of anilines is 3. The molecule has 2 heterocycles. The Morgan fingerprint density at radius 2 is 2.00 bits per heavy atom. The van der Waals surface area contributed by atoms with Crippen LogP contribution in [0.5, 0.6) is 5.75 Å². The molecule has 7 heteroatoms. The van der Waals surface area contributed by atoms with Crippen molar-refractivity contribution in [3.8, 4) is 5.75 Å². The van der Waals surface area contributed by atoms with E-state index in [1.54, 1.807) is 12.1 Å². The fraction of sp³-hybridized carbons (Fsp3) is 0.350. The highest BCUT2D eigenvalue weighted by atomic mass is 16.5. The summed E-state index contributed by atoms with van der Waals surface area (Å²) in [7, 11) is 0. The zero-order chi connectivity index (χ0) is 19.7. The number of hydrogen-bond donors (Lipinski definition) is 2. The first-order valence-corrected chi connectivity index (χ1v) is 8.88. The zero-order valence-electron chi connectivity index (χ0n) is 15.9. The highest BCUT2D eigenvalue weighted by Crippen LogP contribution is 2.34. The lowest BCUT2D eigenvalue weighted by Crippen LogP contribution is -2.51. The molecule has 0 spiro atoms. The van der Waals surface area contributed by atoms with E-state index in [1.807, 2.05) is 45.9 Å². The summed E-state index contributed by atoms with van der Waals surface area (Å²) in [6.07, 6.45) is -0.669. The lowest BCUT2D eigenvalue weighted by atomic mass is 10.0. The number of carbonyl (C=O) groups excluding carboxylic acids is 2. The Morgan fingerprint density at radius 3 is 2.67 bits per heavy atom. The molecule has 1 aromatic carbocycles. The minimum absolute atomic E-state index is 0.0477. The van der Waals surface area contributed by atoms with Gasteiger partial charge >= 0.3 is 0 Å². The highest BCUT2D eigenvalue weighted by Gasteiger charge is 2.38. The first-order chi connectivity index (χ1) is 12.8. The number of aromatic nitrogens is 1. The second kappa shape index (κ2) is 7.26. The van der Waals surface area contributed by atoms with Crippen LogP contribution < -0.4 is 20.7 Å². The molecule has 0 radical (unpaired) electrons. The van der Waals surface area contributed by atoms with E-state index in [1.165, 1.54) is 4.90 Å². The van der Waals surface area contributed by atoms with Gasteiger partial charge in [0.2, 0.25) is 5.91 Å². The molecule has 1 unspecified atom stereocenters. The van der Waals surface area contributed by atoms with Gasteiger partial charge in [-0.05, 0) is 55.2 Å². The summed E-state index contributed by atoms with van der Waals surface area (Å²) in [6.45, 7) is 7.61. The predicted molar refractivity (Wildman–Crippen MR) is 105 cm³/mol. The van der Waals surface area contributed by atoms with Gasteiger partial charge in [-0.25, -0.2) is 4.98 Å². The first-order valence-electron chi connectivity index (χ1n) is 8.88. The molecule has 0 fully saturated rings. The van der Waals surface area contributed by atoms with Crippen molar-refractivity contribution >= 4 is 29.1 Å². The molecule has 0 saturated carbocycles. The van der Waals surface area contributed by atoms with Gasteiger partial charge in [0.15, 0.2) is 17.7 Å². The summed E-state index contributed by atoms with van der Waals surface area (Å²) in [6, 6.07) is 8.96. The van der Waals surface area contributed by atoms with Crippen LogP contribution in [0.2, 0.25) is 0 Å². The van der Waals surface area contributed by atoms with Gasteiger partial charge in [-0.15, -0.1) is 0 Å². The highest BCUT2D eigenvalue weighted by molar-refractivity contribution is 6.05. The van der Waals surface area contributed by atoms with E-state index in [-0.39, 0.29) is 35.9 Å². The number of aryl methyl sites for hydroxylation is 2. The lowest BCUT2D eigenvalue weighted by Gasteiger charge is -2.34. The number of nitrogen functional groups attached to an aromatic ring is 1. The summed E-state index contributed by atoms with van der Waals surface area (Å²) in [5.41, 5.74) is 8.67. The summed E-state index contributed by atoms with van der Waals surface area (Å²) in [5, 5.41) is 2.83. The number of pyridine rings is 1.